The van der Waals surface area contributed by atoms with Crippen LogP contribution in [0, 0.1) is 0 Å². The Morgan fingerprint density at radius 2 is 1.86 bits per heavy atom. The van der Waals surface area contributed by atoms with Crippen LogP contribution in [0.25, 0.3) is 0 Å². The van der Waals surface area contributed by atoms with Gasteiger partial charge in [0.05, 0.1) is 0 Å². The van der Waals surface area contributed by atoms with E-state index in [-0.39, 0.29) is 0 Å². The standard InChI is InChI=1S/C16H25BrN4/c1-18-16(19-9-12-21-10-3-2-4-11-21)20-13-14-5-7-15(17)8-6-14/h5-8H,2-4,9-13H2,1H3,(H2,18,19,20). The van der Waals surface area contributed by atoms with Gasteiger partial charge >= 0.3 is 0 Å². The SMILES string of the molecule is CN=C(NCCN1CCCCC1)NCc1ccc(Br)cc1. The Morgan fingerprint density at radius 1 is 1.14 bits per heavy atom. The van der Waals surface area contributed by atoms with Crippen LogP contribution in [0.2, 0.25) is 0 Å². The predicted molar refractivity (Wildman–Crippen MR) is 92.6 cm³/mol. The Balaban J connectivity index is 1.67. The largest absolute Gasteiger partial charge is 0.355 e. The highest BCUT2D eigenvalue weighted by molar-refractivity contribution is 9.10. The maximum absolute atomic E-state index is 4.27. The molecule has 0 amide bonds. The normalized spacial score (nSPS) is 16.8. The zero-order valence-electron chi connectivity index (χ0n) is 12.7. The Kier molecular flexibility index (Phi) is 7.03. The molecule has 2 rings (SSSR count). The molecule has 1 aromatic rings. The molecular weight excluding hydrogens is 328 g/mol. The van der Waals surface area contributed by atoms with Crippen LogP contribution in [0.4, 0.5) is 0 Å². The molecule has 1 aliphatic heterocycles. The van der Waals surface area contributed by atoms with Gasteiger partial charge in [-0.1, -0.05) is 34.5 Å². The summed E-state index contributed by atoms with van der Waals surface area (Å²) in [6.07, 6.45) is 4.08. The van der Waals surface area contributed by atoms with Gasteiger partial charge in [-0.05, 0) is 43.6 Å². The fourth-order valence-electron chi connectivity index (χ4n) is 2.52. The van der Waals surface area contributed by atoms with Gasteiger partial charge < -0.3 is 15.5 Å². The highest BCUT2D eigenvalue weighted by Gasteiger charge is 2.09. The van der Waals surface area contributed by atoms with Gasteiger partial charge in [0.15, 0.2) is 5.96 Å². The lowest BCUT2D eigenvalue weighted by Crippen LogP contribution is -2.42. The Hall–Kier alpha value is -1.07. The van der Waals surface area contributed by atoms with E-state index in [0.29, 0.717) is 0 Å². The van der Waals surface area contributed by atoms with Crippen molar-refractivity contribution in [3.63, 3.8) is 0 Å². The molecule has 2 N–H and O–H groups in total. The third kappa shape index (κ3) is 6.06. The van der Waals surface area contributed by atoms with E-state index in [1.807, 2.05) is 7.05 Å². The van der Waals surface area contributed by atoms with Crippen LogP contribution in [0.3, 0.4) is 0 Å². The molecule has 4 nitrogen and oxygen atoms in total. The molecule has 1 fully saturated rings. The van der Waals surface area contributed by atoms with E-state index < -0.39 is 0 Å². The van der Waals surface area contributed by atoms with Crippen molar-refractivity contribution in [1.82, 2.24) is 15.5 Å². The van der Waals surface area contributed by atoms with Crippen LogP contribution in [0.15, 0.2) is 33.7 Å². The molecule has 1 aliphatic rings. The van der Waals surface area contributed by atoms with E-state index in [1.54, 1.807) is 0 Å². The molecule has 5 heteroatoms. The summed E-state index contributed by atoms with van der Waals surface area (Å²) in [6.45, 7) is 5.31. The number of rotatable bonds is 5. The van der Waals surface area contributed by atoms with Gasteiger partial charge in [0, 0.05) is 31.2 Å². The molecular formula is C16H25BrN4. The summed E-state index contributed by atoms with van der Waals surface area (Å²) in [6, 6.07) is 8.34. The van der Waals surface area contributed by atoms with Crippen LogP contribution in [0.1, 0.15) is 24.8 Å². The van der Waals surface area contributed by atoms with Gasteiger partial charge in [0.25, 0.3) is 0 Å². The minimum absolute atomic E-state index is 0.788. The molecule has 0 saturated carbocycles. The topological polar surface area (TPSA) is 39.7 Å². The van der Waals surface area contributed by atoms with Crippen molar-refractivity contribution in [2.45, 2.75) is 25.8 Å². The monoisotopic (exact) mass is 352 g/mol. The molecule has 116 valence electrons. The van der Waals surface area contributed by atoms with Crippen molar-refractivity contribution in [3.8, 4) is 0 Å². The first-order chi connectivity index (χ1) is 10.3. The first-order valence-electron chi connectivity index (χ1n) is 7.69. The third-order valence-electron chi connectivity index (χ3n) is 3.77. The highest BCUT2D eigenvalue weighted by Crippen LogP contribution is 2.10. The van der Waals surface area contributed by atoms with Crippen LogP contribution < -0.4 is 10.6 Å². The number of likely N-dealkylation sites (tertiary alicyclic amines) is 1. The van der Waals surface area contributed by atoms with Gasteiger partial charge in [-0.25, -0.2) is 0 Å². The fraction of sp³-hybridized carbons (Fsp3) is 0.562. The van der Waals surface area contributed by atoms with E-state index in [4.69, 9.17) is 0 Å². The van der Waals surface area contributed by atoms with E-state index in [9.17, 15) is 0 Å². The molecule has 1 aromatic carbocycles. The van der Waals surface area contributed by atoms with Crippen molar-refractivity contribution in [3.05, 3.63) is 34.3 Å². The molecule has 0 radical (unpaired) electrons. The summed E-state index contributed by atoms with van der Waals surface area (Å²) < 4.78 is 1.11. The number of aliphatic imine (C=N–C) groups is 1. The minimum Gasteiger partial charge on any atom is -0.355 e. The second kappa shape index (κ2) is 9.05. The lowest BCUT2D eigenvalue weighted by atomic mass is 10.1. The number of piperidine rings is 1. The van der Waals surface area contributed by atoms with Crippen LogP contribution in [0.5, 0.6) is 0 Å². The summed E-state index contributed by atoms with van der Waals surface area (Å²) in [5.41, 5.74) is 1.25. The average Bonchev–Trinajstić information content (AvgIpc) is 2.53. The van der Waals surface area contributed by atoms with E-state index in [1.165, 1.54) is 37.9 Å². The van der Waals surface area contributed by atoms with Crippen molar-refractivity contribution in [2.75, 3.05) is 33.2 Å². The Labute approximate surface area is 136 Å². The number of benzene rings is 1. The quantitative estimate of drug-likeness (QED) is 0.632. The predicted octanol–water partition coefficient (Wildman–Crippen LogP) is 2.60. The molecule has 0 aromatic heterocycles. The van der Waals surface area contributed by atoms with Gasteiger partial charge in [0.2, 0.25) is 0 Å². The van der Waals surface area contributed by atoms with E-state index >= 15 is 0 Å². The van der Waals surface area contributed by atoms with Crippen molar-refractivity contribution in [2.24, 2.45) is 4.99 Å². The summed E-state index contributed by atoms with van der Waals surface area (Å²) in [5, 5.41) is 6.73. The minimum atomic E-state index is 0.788. The number of halogens is 1. The van der Waals surface area contributed by atoms with Crippen LogP contribution in [-0.2, 0) is 6.54 Å². The summed E-state index contributed by atoms with van der Waals surface area (Å²) in [5.74, 6) is 0.870. The smallest absolute Gasteiger partial charge is 0.191 e. The fourth-order valence-corrected chi connectivity index (χ4v) is 2.79. The van der Waals surface area contributed by atoms with Crippen molar-refractivity contribution < 1.29 is 0 Å². The van der Waals surface area contributed by atoms with Gasteiger partial charge in [-0.2, -0.15) is 0 Å². The second-order valence-corrected chi connectivity index (χ2v) is 6.30. The van der Waals surface area contributed by atoms with Crippen molar-refractivity contribution in [1.29, 1.82) is 0 Å². The second-order valence-electron chi connectivity index (χ2n) is 5.38. The van der Waals surface area contributed by atoms with Crippen LogP contribution in [-0.4, -0.2) is 44.1 Å². The first kappa shape index (κ1) is 16.3. The molecule has 0 unspecified atom stereocenters. The molecule has 0 atom stereocenters. The zero-order chi connectivity index (χ0) is 14.9. The molecule has 0 aliphatic carbocycles. The lowest BCUT2D eigenvalue weighted by molar-refractivity contribution is 0.232. The van der Waals surface area contributed by atoms with Gasteiger partial charge in [0.1, 0.15) is 0 Å². The van der Waals surface area contributed by atoms with Crippen molar-refractivity contribution >= 4 is 21.9 Å². The zero-order valence-corrected chi connectivity index (χ0v) is 14.3. The third-order valence-corrected chi connectivity index (χ3v) is 4.29. The summed E-state index contributed by atoms with van der Waals surface area (Å²) in [4.78, 5) is 6.80. The summed E-state index contributed by atoms with van der Waals surface area (Å²) in [7, 11) is 1.82. The van der Waals surface area contributed by atoms with E-state index in [0.717, 1.165) is 30.1 Å². The van der Waals surface area contributed by atoms with Gasteiger partial charge in [-0.15, -0.1) is 0 Å². The lowest BCUT2D eigenvalue weighted by Gasteiger charge is -2.26. The van der Waals surface area contributed by atoms with E-state index in [2.05, 4.69) is 60.7 Å². The maximum atomic E-state index is 4.27. The molecule has 0 bridgehead atoms. The molecule has 1 saturated heterocycles. The molecule has 0 spiro atoms. The highest BCUT2D eigenvalue weighted by atomic mass is 79.9. The maximum Gasteiger partial charge on any atom is 0.191 e. The number of guanidine groups is 1. The number of hydrogen-bond donors (Lipinski definition) is 2. The first-order valence-corrected chi connectivity index (χ1v) is 8.48. The average molecular weight is 353 g/mol. The summed E-state index contributed by atoms with van der Waals surface area (Å²) >= 11 is 3.45. The number of hydrogen-bond acceptors (Lipinski definition) is 2. The van der Waals surface area contributed by atoms with Crippen LogP contribution >= 0.6 is 15.9 Å². The molecule has 21 heavy (non-hydrogen) atoms. The number of nitrogens with one attached hydrogen (secondary N) is 2. The Morgan fingerprint density at radius 3 is 2.52 bits per heavy atom. The van der Waals surface area contributed by atoms with Gasteiger partial charge in [-0.3, -0.25) is 4.99 Å². The number of nitrogens with zero attached hydrogens (tertiary/aromatic N) is 2. The molecule has 1 heterocycles. The Bertz CT molecular complexity index is 438.